The predicted molar refractivity (Wildman–Crippen MR) is 208 cm³/mol. The van der Waals surface area contributed by atoms with Crippen molar-refractivity contribution in [2.24, 2.45) is 23.7 Å². The van der Waals surface area contributed by atoms with E-state index in [-0.39, 0.29) is 61.9 Å². The number of methoxy groups -OCH3 is 1. The van der Waals surface area contributed by atoms with Crippen LogP contribution in [0.15, 0.2) is 52.5 Å². The van der Waals surface area contributed by atoms with Crippen LogP contribution in [0, 0.1) is 30.6 Å². The van der Waals surface area contributed by atoms with Crippen LogP contribution >= 0.6 is 0 Å². The van der Waals surface area contributed by atoms with E-state index >= 15 is 0 Å². The molecule has 1 aromatic rings. The van der Waals surface area contributed by atoms with Gasteiger partial charge in [-0.3, -0.25) is 24.0 Å². The Bertz CT molecular complexity index is 2040. The molecule has 1 aliphatic carbocycles. The van der Waals surface area contributed by atoms with E-state index in [1.807, 2.05) is 0 Å². The lowest BCUT2D eigenvalue weighted by molar-refractivity contribution is -0.171. The molecule has 1 aromatic carbocycles. The highest BCUT2D eigenvalue weighted by Gasteiger charge is 2.48. The fourth-order valence-corrected chi connectivity index (χ4v) is 7.67. The number of benzene rings is 1. The van der Waals surface area contributed by atoms with Gasteiger partial charge in [0, 0.05) is 53.9 Å². The number of aromatic hydroxyl groups is 1. The molecule has 1 amide bonds. The van der Waals surface area contributed by atoms with E-state index in [4.69, 9.17) is 23.7 Å². The molecule has 9 atom stereocenters. The molecule has 4 bridgehead atoms. The molecule has 16 heteroatoms. The molecule has 58 heavy (non-hydrogen) atoms. The molecule has 0 unspecified atom stereocenters. The summed E-state index contributed by atoms with van der Waals surface area (Å²) in [5.74, 6) is -9.54. The Morgan fingerprint density at radius 3 is 2.09 bits per heavy atom. The van der Waals surface area contributed by atoms with Crippen molar-refractivity contribution in [1.82, 2.24) is 0 Å². The van der Waals surface area contributed by atoms with Crippen molar-refractivity contribution < 1.29 is 73.2 Å². The van der Waals surface area contributed by atoms with E-state index in [9.17, 15) is 49.5 Å². The number of esters is 3. The van der Waals surface area contributed by atoms with Crippen LogP contribution in [0.2, 0.25) is 0 Å². The van der Waals surface area contributed by atoms with Gasteiger partial charge >= 0.3 is 17.9 Å². The van der Waals surface area contributed by atoms with Crippen LogP contribution in [0.3, 0.4) is 0 Å². The Hall–Kier alpha value is -5.29. The SMILES string of the molecule is COC(=O)[C@@H]1[C@H](O)[C@H](C)[C@@H](OC(C)=O)[C@H](C)/C=C\C=C(/C)C(=O)Nc2c(C)c(OC(C)=O)c3c(c2O)C(=O)C(C)=C2OCOC(=C23)/C(C)=C\[C@@](C)(O)[C@H](O)[C@@H](C)[C@H]1O. The zero-order valence-corrected chi connectivity index (χ0v) is 34.5. The fourth-order valence-electron chi connectivity index (χ4n) is 7.67. The number of nitrogens with one attached hydrogen (secondary N) is 1. The first-order valence-corrected chi connectivity index (χ1v) is 18.7. The monoisotopic (exact) mass is 811 g/mol. The van der Waals surface area contributed by atoms with Crippen molar-refractivity contribution in [3.8, 4) is 11.5 Å². The Balaban J connectivity index is 2.08. The zero-order chi connectivity index (χ0) is 43.7. The molecule has 4 aliphatic rings. The number of allylic oxidation sites excluding steroid dienone is 5. The maximum atomic E-state index is 14.0. The Labute approximate surface area is 336 Å². The quantitative estimate of drug-likeness (QED) is 0.145. The first-order valence-electron chi connectivity index (χ1n) is 18.7. The van der Waals surface area contributed by atoms with Gasteiger partial charge in [-0.2, -0.15) is 0 Å². The molecule has 3 heterocycles. The minimum atomic E-state index is -2.20. The number of amides is 1. The summed E-state index contributed by atoms with van der Waals surface area (Å²) in [7, 11) is 1.05. The van der Waals surface area contributed by atoms with E-state index in [2.05, 4.69) is 5.32 Å². The van der Waals surface area contributed by atoms with Gasteiger partial charge < -0.3 is 54.5 Å². The first kappa shape index (κ1) is 45.4. The first-order chi connectivity index (χ1) is 27.0. The lowest BCUT2D eigenvalue weighted by Gasteiger charge is -2.39. The summed E-state index contributed by atoms with van der Waals surface area (Å²) in [5.41, 5.74) is -2.47. The topological polar surface area (TPSA) is 245 Å². The second-order valence-corrected chi connectivity index (χ2v) is 15.3. The number of hydrogen-bond acceptors (Lipinski definition) is 15. The van der Waals surface area contributed by atoms with Crippen LogP contribution in [0.5, 0.6) is 11.5 Å². The van der Waals surface area contributed by atoms with Gasteiger partial charge in [-0.1, -0.05) is 39.0 Å². The van der Waals surface area contributed by atoms with Gasteiger partial charge in [-0.25, -0.2) is 0 Å². The number of ether oxygens (including phenoxy) is 5. The molecule has 0 fully saturated rings. The average molecular weight is 812 g/mol. The van der Waals surface area contributed by atoms with Crippen LogP contribution < -0.4 is 10.1 Å². The third-order valence-corrected chi connectivity index (χ3v) is 10.9. The summed E-state index contributed by atoms with van der Waals surface area (Å²) in [6.07, 6.45) is -0.755. The Morgan fingerprint density at radius 2 is 1.50 bits per heavy atom. The van der Waals surface area contributed by atoms with Crippen molar-refractivity contribution in [3.05, 3.63) is 69.2 Å². The number of rotatable bonds is 3. The van der Waals surface area contributed by atoms with Crippen LogP contribution in [-0.4, -0.2) is 99.1 Å². The van der Waals surface area contributed by atoms with Crippen molar-refractivity contribution in [1.29, 1.82) is 0 Å². The molecule has 0 saturated carbocycles. The molecule has 0 radical (unpaired) electrons. The summed E-state index contributed by atoms with van der Waals surface area (Å²) in [6, 6.07) is 0. The minimum Gasteiger partial charge on any atom is -0.505 e. The molecule has 316 valence electrons. The summed E-state index contributed by atoms with van der Waals surface area (Å²) >= 11 is 0. The zero-order valence-electron chi connectivity index (χ0n) is 34.5. The maximum Gasteiger partial charge on any atom is 0.313 e. The van der Waals surface area contributed by atoms with Gasteiger partial charge in [0.25, 0.3) is 5.91 Å². The normalized spacial score (nSPS) is 32.1. The van der Waals surface area contributed by atoms with Gasteiger partial charge in [0.2, 0.25) is 6.79 Å². The highest BCUT2D eigenvalue weighted by Crippen LogP contribution is 2.53. The number of aliphatic hydroxyl groups excluding tert-OH is 3. The smallest absolute Gasteiger partial charge is 0.313 e. The number of Topliss-reactive ketones (excluding diaryl/α,β-unsaturated/α-hetero) is 1. The predicted octanol–water partition coefficient (Wildman–Crippen LogP) is 3.68. The summed E-state index contributed by atoms with van der Waals surface area (Å²) in [5, 5.41) is 61.2. The molecule has 6 N–H and O–H groups in total. The van der Waals surface area contributed by atoms with E-state index in [0.29, 0.717) is 0 Å². The highest BCUT2D eigenvalue weighted by atomic mass is 16.7. The van der Waals surface area contributed by atoms with E-state index in [0.717, 1.165) is 21.0 Å². The number of carbonyl (C=O) groups is 5. The second kappa shape index (κ2) is 17.7. The number of fused-ring (bicyclic) bond motifs is 14. The maximum absolute atomic E-state index is 14.0. The van der Waals surface area contributed by atoms with Crippen molar-refractivity contribution in [2.45, 2.75) is 99.3 Å². The number of hydrogen-bond donors (Lipinski definition) is 6. The lowest BCUT2D eigenvalue weighted by atomic mass is 9.75. The van der Waals surface area contributed by atoms with Crippen molar-refractivity contribution in [2.75, 3.05) is 19.2 Å². The second-order valence-electron chi connectivity index (χ2n) is 15.3. The van der Waals surface area contributed by atoms with E-state index < -0.39 is 95.8 Å². The van der Waals surface area contributed by atoms with Crippen LogP contribution in [0.4, 0.5) is 5.69 Å². The molecular formula is C42H53NO15. The van der Waals surface area contributed by atoms with Crippen molar-refractivity contribution >= 4 is 40.9 Å². The molecular weight excluding hydrogens is 758 g/mol. The largest absolute Gasteiger partial charge is 0.505 e. The molecule has 0 spiro atoms. The van der Waals surface area contributed by atoms with Gasteiger partial charge in [0.1, 0.15) is 34.9 Å². The molecule has 16 nitrogen and oxygen atoms in total. The number of aliphatic hydroxyl groups is 4. The summed E-state index contributed by atoms with van der Waals surface area (Å²) in [4.78, 5) is 65.7. The van der Waals surface area contributed by atoms with Gasteiger partial charge in [-0.15, -0.1) is 0 Å². The van der Waals surface area contributed by atoms with Gasteiger partial charge in [0.05, 0.1) is 42.2 Å². The van der Waals surface area contributed by atoms with Crippen LogP contribution in [0.1, 0.15) is 83.8 Å². The molecule has 0 aromatic heterocycles. The van der Waals surface area contributed by atoms with Gasteiger partial charge in [-0.05, 0) is 46.3 Å². The number of phenols is 1. The summed E-state index contributed by atoms with van der Waals surface area (Å²) < 4.78 is 28.0. The van der Waals surface area contributed by atoms with Crippen LogP contribution in [0.25, 0.3) is 5.57 Å². The third-order valence-electron chi connectivity index (χ3n) is 10.9. The van der Waals surface area contributed by atoms with Crippen molar-refractivity contribution in [3.63, 3.8) is 0 Å². The average Bonchev–Trinajstić information content (AvgIpc) is 3.16. The molecule has 3 aliphatic heterocycles. The van der Waals surface area contributed by atoms with Crippen LogP contribution in [-0.2, 0) is 38.1 Å². The summed E-state index contributed by atoms with van der Waals surface area (Å²) in [6.45, 7) is 13.5. The lowest BCUT2D eigenvalue weighted by Crippen LogP contribution is -2.53. The molecule has 5 rings (SSSR count). The Kier molecular flexibility index (Phi) is 13.8. The van der Waals surface area contributed by atoms with E-state index in [1.165, 1.54) is 66.7 Å². The number of ketones is 1. The Morgan fingerprint density at radius 1 is 0.897 bits per heavy atom. The fraction of sp³-hybridized carbons (Fsp3) is 0.500. The number of anilines is 1. The standard InChI is InChI=1S/C42H53NO15/c1-17-13-12-14-18(2)40(51)43-30-20(4)38(58-25(9)45)26-27(34(30)49)31(46)22(6)37-28(26)36(55-16-56-37)19(3)15-42(10,53)39(50)23(7)33(48)29(41(52)54-11)32(47)21(5)35(17)57-24(8)44/h12-15,17,21,23,29,32-33,35,39,47-50,53H,16H2,1-11H3,(H,43,51)/b13-12-,18-14+,19-15-/t17-,21+,23+,29-,32-,33-,35+,39-,42-/m1/s1. The highest BCUT2D eigenvalue weighted by molar-refractivity contribution is 6.21. The van der Waals surface area contributed by atoms with E-state index in [1.54, 1.807) is 13.0 Å². The number of carbonyl (C=O) groups excluding carboxylic acids is 5. The third kappa shape index (κ3) is 8.74. The molecule has 0 saturated heterocycles. The van der Waals surface area contributed by atoms with Gasteiger partial charge in [0.15, 0.2) is 11.5 Å². The number of phenolic OH excluding ortho intramolecular Hbond substituents is 1. The minimum absolute atomic E-state index is 0.00899.